The van der Waals surface area contributed by atoms with E-state index in [0.29, 0.717) is 19.6 Å². The van der Waals surface area contributed by atoms with Crippen molar-refractivity contribution in [2.75, 3.05) is 26.4 Å². The third-order valence-corrected chi connectivity index (χ3v) is 7.48. The zero-order chi connectivity index (χ0) is 31.2. The zero-order valence-electron chi connectivity index (χ0n) is 28.6. The molecule has 0 aromatic rings. The molecule has 0 aromatic carbocycles. The second-order valence-corrected chi connectivity index (χ2v) is 13.1. The van der Waals surface area contributed by atoms with Crippen LogP contribution in [-0.2, 0) is 28.5 Å². The molecule has 0 spiro atoms. The Hall–Kier alpha value is -1.14. The van der Waals surface area contributed by atoms with Crippen molar-refractivity contribution in [1.82, 2.24) is 0 Å². The summed E-state index contributed by atoms with van der Waals surface area (Å²) in [4.78, 5) is 24.8. The van der Waals surface area contributed by atoms with E-state index in [9.17, 15) is 9.59 Å². The number of ether oxygens (including phenoxy) is 4. The fourth-order valence-corrected chi connectivity index (χ4v) is 5.09. The number of esters is 2. The molecular weight excluding hydrogens is 528 g/mol. The van der Waals surface area contributed by atoms with Crippen molar-refractivity contribution < 1.29 is 28.5 Å². The summed E-state index contributed by atoms with van der Waals surface area (Å²) in [6, 6.07) is 0. The van der Waals surface area contributed by atoms with Crippen LogP contribution in [0.4, 0.5) is 0 Å². The van der Waals surface area contributed by atoms with Crippen molar-refractivity contribution in [3.05, 3.63) is 0 Å². The van der Waals surface area contributed by atoms with E-state index in [1.165, 1.54) is 116 Å². The van der Waals surface area contributed by atoms with Crippen LogP contribution in [0.15, 0.2) is 0 Å². The van der Waals surface area contributed by atoms with Gasteiger partial charge in [-0.2, -0.15) is 0 Å². The SMILES string of the molecule is CCCCCCCCCCCCCCCC(CC(=O)OC(C)(C)C)OC(=O)COCCOCCCCCCCCCC. The number of hydrogen-bond acceptors (Lipinski definition) is 6. The summed E-state index contributed by atoms with van der Waals surface area (Å²) in [5, 5.41) is 0. The van der Waals surface area contributed by atoms with E-state index in [2.05, 4.69) is 13.8 Å². The summed E-state index contributed by atoms with van der Waals surface area (Å²) in [7, 11) is 0. The normalized spacial score (nSPS) is 12.4. The van der Waals surface area contributed by atoms with E-state index < -0.39 is 17.7 Å². The van der Waals surface area contributed by atoms with Crippen molar-refractivity contribution in [2.45, 2.75) is 194 Å². The first-order valence-electron chi connectivity index (χ1n) is 17.8. The van der Waals surface area contributed by atoms with Gasteiger partial charge in [0.25, 0.3) is 0 Å². The third kappa shape index (κ3) is 31.8. The lowest BCUT2D eigenvalue weighted by atomic mass is 10.0. The second kappa shape index (κ2) is 29.9. The van der Waals surface area contributed by atoms with Gasteiger partial charge in [0.15, 0.2) is 0 Å². The van der Waals surface area contributed by atoms with Gasteiger partial charge in [0.05, 0.1) is 19.6 Å². The Bertz CT molecular complexity index is 600. The molecule has 0 rings (SSSR count). The molecule has 6 nitrogen and oxygen atoms in total. The van der Waals surface area contributed by atoms with Gasteiger partial charge in [-0.15, -0.1) is 0 Å². The Morgan fingerprint density at radius 3 is 1.43 bits per heavy atom. The summed E-state index contributed by atoms with van der Waals surface area (Å²) in [6.07, 6.45) is 27.2. The molecule has 6 heteroatoms. The molecule has 250 valence electrons. The summed E-state index contributed by atoms with van der Waals surface area (Å²) in [5.41, 5.74) is -0.557. The molecule has 42 heavy (non-hydrogen) atoms. The largest absolute Gasteiger partial charge is 0.460 e. The van der Waals surface area contributed by atoms with Crippen molar-refractivity contribution in [3.63, 3.8) is 0 Å². The van der Waals surface area contributed by atoms with Crippen molar-refractivity contribution >= 4 is 11.9 Å². The van der Waals surface area contributed by atoms with Crippen molar-refractivity contribution in [1.29, 1.82) is 0 Å². The first-order chi connectivity index (χ1) is 20.3. The van der Waals surface area contributed by atoms with E-state index in [0.717, 1.165) is 25.9 Å². The number of carbonyl (C=O) groups is 2. The minimum atomic E-state index is -0.557. The van der Waals surface area contributed by atoms with E-state index in [1.54, 1.807) is 0 Å². The topological polar surface area (TPSA) is 71.1 Å². The van der Waals surface area contributed by atoms with E-state index in [4.69, 9.17) is 18.9 Å². The van der Waals surface area contributed by atoms with Crippen LogP contribution >= 0.6 is 0 Å². The molecular formula is C36H70O6. The molecule has 1 atom stereocenters. The fourth-order valence-electron chi connectivity index (χ4n) is 5.09. The van der Waals surface area contributed by atoms with Crippen molar-refractivity contribution in [3.8, 4) is 0 Å². The highest BCUT2D eigenvalue weighted by molar-refractivity contribution is 5.73. The molecule has 0 fully saturated rings. The smallest absolute Gasteiger partial charge is 0.332 e. The van der Waals surface area contributed by atoms with Crippen LogP contribution in [0, 0.1) is 0 Å². The van der Waals surface area contributed by atoms with Crippen LogP contribution in [0.3, 0.4) is 0 Å². The van der Waals surface area contributed by atoms with Crippen LogP contribution in [0.2, 0.25) is 0 Å². The average Bonchev–Trinajstić information content (AvgIpc) is 2.92. The molecule has 0 saturated heterocycles. The van der Waals surface area contributed by atoms with Gasteiger partial charge in [-0.05, 0) is 40.0 Å². The molecule has 0 heterocycles. The van der Waals surface area contributed by atoms with Gasteiger partial charge in [-0.1, -0.05) is 136 Å². The van der Waals surface area contributed by atoms with Gasteiger partial charge in [0, 0.05) is 6.61 Å². The Morgan fingerprint density at radius 2 is 0.952 bits per heavy atom. The standard InChI is InChI=1S/C36H70O6/c1-6-8-10-12-14-16-17-18-19-20-21-23-25-27-33(31-34(37)42-36(3,4)5)41-35(38)32-40-30-29-39-28-26-24-22-15-13-11-9-7-2/h33H,6-32H2,1-5H3. The summed E-state index contributed by atoms with van der Waals surface area (Å²) < 4.78 is 22.2. The lowest BCUT2D eigenvalue weighted by Crippen LogP contribution is -2.29. The highest BCUT2D eigenvalue weighted by Gasteiger charge is 2.23. The van der Waals surface area contributed by atoms with Gasteiger partial charge in [0.1, 0.15) is 18.3 Å². The van der Waals surface area contributed by atoms with Crippen LogP contribution < -0.4 is 0 Å². The Morgan fingerprint density at radius 1 is 0.524 bits per heavy atom. The van der Waals surface area contributed by atoms with E-state index in [-0.39, 0.29) is 19.0 Å². The Balaban J connectivity index is 4.03. The van der Waals surface area contributed by atoms with Crippen LogP contribution in [0.5, 0.6) is 0 Å². The minimum Gasteiger partial charge on any atom is -0.460 e. The molecule has 0 aliphatic carbocycles. The van der Waals surface area contributed by atoms with Gasteiger partial charge in [0.2, 0.25) is 0 Å². The Kier molecular flexibility index (Phi) is 29.1. The second-order valence-electron chi connectivity index (χ2n) is 13.1. The van der Waals surface area contributed by atoms with Gasteiger partial charge < -0.3 is 18.9 Å². The van der Waals surface area contributed by atoms with E-state index in [1.807, 2.05) is 20.8 Å². The van der Waals surface area contributed by atoms with Crippen LogP contribution in [0.25, 0.3) is 0 Å². The maximum Gasteiger partial charge on any atom is 0.332 e. The number of unbranched alkanes of at least 4 members (excludes halogenated alkanes) is 19. The first-order valence-corrected chi connectivity index (χ1v) is 17.8. The van der Waals surface area contributed by atoms with E-state index >= 15 is 0 Å². The number of rotatable bonds is 31. The van der Waals surface area contributed by atoms with Crippen LogP contribution in [-0.4, -0.2) is 50.1 Å². The molecule has 0 aliphatic rings. The molecule has 0 radical (unpaired) electrons. The summed E-state index contributed by atoms with van der Waals surface area (Å²) in [5.74, 6) is -0.758. The summed E-state index contributed by atoms with van der Waals surface area (Å²) in [6.45, 7) is 11.5. The van der Waals surface area contributed by atoms with Gasteiger partial charge in [-0.3, -0.25) is 4.79 Å². The quantitative estimate of drug-likeness (QED) is 0.0584. The van der Waals surface area contributed by atoms with Crippen molar-refractivity contribution in [2.24, 2.45) is 0 Å². The zero-order valence-corrected chi connectivity index (χ0v) is 28.6. The Labute approximate surface area is 260 Å². The summed E-state index contributed by atoms with van der Waals surface area (Å²) >= 11 is 0. The third-order valence-electron chi connectivity index (χ3n) is 7.48. The van der Waals surface area contributed by atoms with Gasteiger partial charge >= 0.3 is 11.9 Å². The predicted molar refractivity (Wildman–Crippen MR) is 175 cm³/mol. The maximum atomic E-state index is 12.4. The first kappa shape index (κ1) is 40.9. The number of carbonyl (C=O) groups excluding carboxylic acids is 2. The lowest BCUT2D eigenvalue weighted by molar-refractivity contribution is -0.164. The van der Waals surface area contributed by atoms with Gasteiger partial charge in [-0.25, -0.2) is 4.79 Å². The molecule has 0 aromatic heterocycles. The van der Waals surface area contributed by atoms with Crippen LogP contribution in [0.1, 0.15) is 182 Å². The fraction of sp³-hybridized carbons (Fsp3) is 0.944. The predicted octanol–water partition coefficient (Wildman–Crippen LogP) is 10.3. The lowest BCUT2D eigenvalue weighted by Gasteiger charge is -2.22. The molecule has 0 saturated carbocycles. The molecule has 0 aliphatic heterocycles. The minimum absolute atomic E-state index is 0.0863. The highest BCUT2D eigenvalue weighted by Crippen LogP contribution is 2.17. The monoisotopic (exact) mass is 599 g/mol. The molecule has 1 unspecified atom stereocenters. The number of hydrogen-bond donors (Lipinski definition) is 0. The molecule has 0 bridgehead atoms. The average molecular weight is 599 g/mol. The maximum absolute atomic E-state index is 12.4. The molecule has 0 amide bonds. The highest BCUT2D eigenvalue weighted by atomic mass is 16.6. The molecule has 0 N–H and O–H groups in total.